The Hall–Kier alpha value is -2.41. The van der Waals surface area contributed by atoms with Crippen molar-refractivity contribution in [2.45, 2.75) is 13.5 Å². The molecule has 0 saturated heterocycles. The molecule has 7 heteroatoms. The van der Waals surface area contributed by atoms with Gasteiger partial charge in [-0.15, -0.1) is 0 Å². The van der Waals surface area contributed by atoms with Crippen LogP contribution in [0.1, 0.15) is 22.8 Å². The van der Waals surface area contributed by atoms with Gasteiger partial charge in [-0.05, 0) is 41.4 Å². The van der Waals surface area contributed by atoms with E-state index in [1.54, 1.807) is 30.4 Å². The number of hydrogen-bond acceptors (Lipinski definition) is 5. The molecule has 2 rings (SSSR count). The SMILES string of the molecule is CCNC(=O)c1ccc(NCc2ccsc2)c([N+](=O)[O-])c1. The average molecular weight is 305 g/mol. The lowest BCUT2D eigenvalue weighted by atomic mass is 10.1. The lowest BCUT2D eigenvalue weighted by Gasteiger charge is -2.08. The number of nitrogens with zero attached hydrogens (tertiary/aromatic N) is 1. The van der Waals surface area contributed by atoms with Crippen molar-refractivity contribution in [1.29, 1.82) is 0 Å². The number of benzene rings is 1. The number of thiophene rings is 1. The molecule has 2 N–H and O–H groups in total. The number of carbonyl (C=O) groups is 1. The first-order valence-electron chi connectivity index (χ1n) is 6.43. The second kappa shape index (κ2) is 6.85. The predicted molar refractivity (Wildman–Crippen MR) is 82.7 cm³/mol. The van der Waals surface area contributed by atoms with Gasteiger partial charge in [0.1, 0.15) is 5.69 Å². The van der Waals surface area contributed by atoms with Crippen LogP contribution in [0.25, 0.3) is 0 Å². The molecule has 1 amide bonds. The molecule has 1 aromatic heterocycles. The maximum Gasteiger partial charge on any atom is 0.293 e. The minimum absolute atomic E-state index is 0.103. The molecule has 0 spiro atoms. The molecule has 0 aliphatic rings. The van der Waals surface area contributed by atoms with Crippen molar-refractivity contribution in [3.05, 3.63) is 56.3 Å². The van der Waals surface area contributed by atoms with Gasteiger partial charge in [0.2, 0.25) is 0 Å². The van der Waals surface area contributed by atoms with Crippen molar-refractivity contribution in [3.63, 3.8) is 0 Å². The zero-order chi connectivity index (χ0) is 15.2. The molecule has 0 aliphatic heterocycles. The first-order valence-corrected chi connectivity index (χ1v) is 7.37. The molecule has 1 aromatic carbocycles. The quantitative estimate of drug-likeness (QED) is 0.634. The van der Waals surface area contributed by atoms with Crippen LogP contribution >= 0.6 is 11.3 Å². The van der Waals surface area contributed by atoms with E-state index in [1.165, 1.54) is 6.07 Å². The molecular formula is C14H15N3O3S. The monoisotopic (exact) mass is 305 g/mol. The Balaban J connectivity index is 2.20. The van der Waals surface area contributed by atoms with E-state index in [4.69, 9.17) is 0 Å². The first kappa shape index (κ1) is 15.0. The van der Waals surface area contributed by atoms with E-state index in [2.05, 4.69) is 10.6 Å². The van der Waals surface area contributed by atoms with Crippen molar-refractivity contribution in [2.75, 3.05) is 11.9 Å². The molecule has 0 atom stereocenters. The van der Waals surface area contributed by atoms with Gasteiger partial charge in [-0.1, -0.05) is 0 Å². The molecule has 1 heterocycles. The molecule has 110 valence electrons. The summed E-state index contributed by atoms with van der Waals surface area (Å²) in [7, 11) is 0. The van der Waals surface area contributed by atoms with E-state index < -0.39 is 4.92 Å². The zero-order valence-corrected chi connectivity index (χ0v) is 12.3. The van der Waals surface area contributed by atoms with Crippen LogP contribution in [-0.2, 0) is 6.54 Å². The zero-order valence-electron chi connectivity index (χ0n) is 11.5. The van der Waals surface area contributed by atoms with Crippen LogP contribution in [0.4, 0.5) is 11.4 Å². The minimum Gasteiger partial charge on any atom is -0.375 e. The van der Waals surface area contributed by atoms with E-state index >= 15 is 0 Å². The summed E-state index contributed by atoms with van der Waals surface area (Å²) < 4.78 is 0. The van der Waals surface area contributed by atoms with Crippen LogP contribution in [0.5, 0.6) is 0 Å². The summed E-state index contributed by atoms with van der Waals surface area (Å²) in [6.07, 6.45) is 0. The summed E-state index contributed by atoms with van der Waals surface area (Å²) in [4.78, 5) is 22.4. The number of amides is 1. The molecule has 0 bridgehead atoms. The van der Waals surface area contributed by atoms with Gasteiger partial charge in [-0.2, -0.15) is 11.3 Å². The fourth-order valence-electron chi connectivity index (χ4n) is 1.83. The maximum atomic E-state index is 11.7. The molecule has 0 fully saturated rings. The Morgan fingerprint density at radius 2 is 2.19 bits per heavy atom. The predicted octanol–water partition coefficient (Wildman–Crippen LogP) is 3.02. The summed E-state index contributed by atoms with van der Waals surface area (Å²) in [5.41, 5.74) is 1.64. The number of carbonyl (C=O) groups excluding carboxylic acids is 1. The summed E-state index contributed by atoms with van der Waals surface area (Å²) in [5.74, 6) is -0.315. The Labute approximate surface area is 126 Å². The van der Waals surface area contributed by atoms with Crippen molar-refractivity contribution >= 4 is 28.6 Å². The lowest BCUT2D eigenvalue weighted by Crippen LogP contribution is -2.22. The lowest BCUT2D eigenvalue weighted by molar-refractivity contribution is -0.384. The molecular weight excluding hydrogens is 290 g/mol. The third kappa shape index (κ3) is 3.79. The molecule has 0 radical (unpaired) electrons. The van der Waals surface area contributed by atoms with Gasteiger partial charge < -0.3 is 10.6 Å². The van der Waals surface area contributed by atoms with Gasteiger partial charge in [0.15, 0.2) is 0 Å². The highest BCUT2D eigenvalue weighted by molar-refractivity contribution is 7.07. The van der Waals surface area contributed by atoms with Gasteiger partial charge in [-0.3, -0.25) is 14.9 Å². The number of nitrogens with one attached hydrogen (secondary N) is 2. The van der Waals surface area contributed by atoms with Gasteiger partial charge in [0.05, 0.1) is 4.92 Å². The van der Waals surface area contributed by atoms with E-state index in [-0.39, 0.29) is 17.2 Å². The summed E-state index contributed by atoms with van der Waals surface area (Å²) in [5, 5.41) is 20.7. The van der Waals surface area contributed by atoms with Gasteiger partial charge in [-0.25, -0.2) is 0 Å². The number of rotatable bonds is 6. The topological polar surface area (TPSA) is 84.3 Å². The molecule has 21 heavy (non-hydrogen) atoms. The van der Waals surface area contributed by atoms with Crippen LogP contribution in [-0.4, -0.2) is 17.4 Å². The normalized spacial score (nSPS) is 10.1. The number of nitro groups is 1. The van der Waals surface area contributed by atoms with Gasteiger partial charge in [0.25, 0.3) is 11.6 Å². The summed E-state index contributed by atoms with van der Waals surface area (Å²) >= 11 is 1.57. The molecule has 6 nitrogen and oxygen atoms in total. The highest BCUT2D eigenvalue weighted by atomic mass is 32.1. The van der Waals surface area contributed by atoms with E-state index in [0.717, 1.165) is 5.56 Å². The summed E-state index contributed by atoms with van der Waals surface area (Å²) in [6.45, 7) is 2.78. The van der Waals surface area contributed by atoms with E-state index in [0.29, 0.717) is 18.8 Å². The molecule has 0 saturated carbocycles. The molecule has 0 aliphatic carbocycles. The van der Waals surface area contributed by atoms with Crippen LogP contribution in [0.15, 0.2) is 35.0 Å². The smallest absolute Gasteiger partial charge is 0.293 e. The number of nitro benzene ring substituents is 1. The molecule has 2 aromatic rings. The maximum absolute atomic E-state index is 11.7. The van der Waals surface area contributed by atoms with Gasteiger partial charge in [0, 0.05) is 24.7 Å². The first-order chi connectivity index (χ1) is 10.1. The van der Waals surface area contributed by atoms with Crippen molar-refractivity contribution in [1.82, 2.24) is 5.32 Å². The average Bonchev–Trinajstić information content (AvgIpc) is 2.98. The van der Waals surface area contributed by atoms with Crippen molar-refractivity contribution < 1.29 is 9.72 Å². The van der Waals surface area contributed by atoms with Crippen LogP contribution in [0.3, 0.4) is 0 Å². The van der Waals surface area contributed by atoms with Crippen molar-refractivity contribution in [2.24, 2.45) is 0 Å². The molecule has 0 unspecified atom stereocenters. The minimum atomic E-state index is -0.487. The second-order valence-electron chi connectivity index (χ2n) is 4.33. The van der Waals surface area contributed by atoms with E-state index in [1.807, 2.05) is 16.8 Å². The standard InChI is InChI=1S/C14H15N3O3S/c1-2-15-14(18)11-3-4-12(13(7-11)17(19)20)16-8-10-5-6-21-9-10/h3-7,9,16H,2,8H2,1H3,(H,15,18). The highest BCUT2D eigenvalue weighted by Gasteiger charge is 2.17. The van der Waals surface area contributed by atoms with Crippen LogP contribution in [0.2, 0.25) is 0 Å². The summed E-state index contributed by atoms with van der Waals surface area (Å²) in [6, 6.07) is 6.39. The van der Waals surface area contributed by atoms with Crippen molar-refractivity contribution in [3.8, 4) is 0 Å². The fourth-order valence-corrected chi connectivity index (χ4v) is 2.50. The number of hydrogen-bond donors (Lipinski definition) is 2. The van der Waals surface area contributed by atoms with Crippen LogP contribution in [0, 0.1) is 10.1 Å². The largest absolute Gasteiger partial charge is 0.375 e. The van der Waals surface area contributed by atoms with Gasteiger partial charge >= 0.3 is 0 Å². The Morgan fingerprint density at radius 3 is 2.81 bits per heavy atom. The third-order valence-electron chi connectivity index (χ3n) is 2.86. The Kier molecular flexibility index (Phi) is 4.89. The van der Waals surface area contributed by atoms with Crippen LogP contribution < -0.4 is 10.6 Å². The fraction of sp³-hybridized carbons (Fsp3) is 0.214. The highest BCUT2D eigenvalue weighted by Crippen LogP contribution is 2.26. The number of anilines is 1. The Morgan fingerprint density at radius 1 is 1.38 bits per heavy atom. The third-order valence-corrected chi connectivity index (χ3v) is 3.59. The van der Waals surface area contributed by atoms with E-state index in [9.17, 15) is 14.9 Å². The second-order valence-corrected chi connectivity index (χ2v) is 5.11. The Bertz CT molecular complexity index is 641.